The molecule has 216 valence electrons. The third-order valence-electron chi connectivity index (χ3n) is 7.17. The highest BCUT2D eigenvalue weighted by Crippen LogP contribution is 2.38. The molecule has 4 N–H and O–H groups in total. The molecule has 4 atom stereocenters. The van der Waals surface area contributed by atoms with Crippen LogP contribution in [0.3, 0.4) is 0 Å². The zero-order chi connectivity index (χ0) is 29.3. The van der Waals surface area contributed by atoms with E-state index in [1.54, 1.807) is 19.2 Å². The minimum Gasteiger partial charge on any atom is -0.495 e. The van der Waals surface area contributed by atoms with E-state index in [9.17, 15) is 15.0 Å². The van der Waals surface area contributed by atoms with Crippen LogP contribution in [0.4, 0.5) is 11.8 Å². The number of halogens is 1. The Hall–Kier alpha value is -3.93. The van der Waals surface area contributed by atoms with Crippen LogP contribution in [0.5, 0.6) is 11.6 Å². The highest BCUT2D eigenvalue weighted by Gasteiger charge is 2.42. The number of carbonyl (C=O) groups excluding carboxylic acids is 1. The van der Waals surface area contributed by atoms with Gasteiger partial charge in [0.25, 0.3) is 0 Å². The number of hydrogen-bond acceptors (Lipinski definition) is 11. The van der Waals surface area contributed by atoms with E-state index in [-0.39, 0.29) is 6.42 Å². The second-order valence-electron chi connectivity index (χ2n) is 9.95. The van der Waals surface area contributed by atoms with E-state index in [1.807, 2.05) is 39.0 Å². The fourth-order valence-corrected chi connectivity index (χ4v) is 5.37. The normalized spacial score (nSPS) is 20.3. The molecule has 12 heteroatoms. The first-order valence-electron chi connectivity index (χ1n) is 13.3. The monoisotopic (exact) mass is 581 g/mol. The number of pyridine rings is 1. The Labute approximate surface area is 241 Å². The molecule has 1 aliphatic carbocycles. The molecule has 4 unspecified atom stereocenters. The number of fused-ring (bicyclic) bond motifs is 1. The molecule has 0 saturated heterocycles. The van der Waals surface area contributed by atoms with Gasteiger partial charge in [0.1, 0.15) is 29.7 Å². The van der Waals surface area contributed by atoms with Crippen molar-refractivity contribution >= 4 is 40.6 Å². The summed E-state index contributed by atoms with van der Waals surface area (Å²) in [5, 5.41) is 28.8. The first-order valence-corrected chi connectivity index (χ1v) is 13.7. The Morgan fingerprint density at radius 2 is 1.93 bits per heavy atom. The average molecular weight is 582 g/mol. The van der Waals surface area contributed by atoms with Crippen molar-refractivity contribution in [2.45, 2.75) is 52.0 Å². The van der Waals surface area contributed by atoms with Crippen LogP contribution in [-0.2, 0) is 11.3 Å². The first kappa shape index (κ1) is 28.6. The number of nitrogens with one attached hydrogen (secondary N) is 2. The van der Waals surface area contributed by atoms with Gasteiger partial charge < -0.3 is 39.5 Å². The van der Waals surface area contributed by atoms with Gasteiger partial charge in [0.15, 0.2) is 5.58 Å². The van der Waals surface area contributed by atoms with Crippen molar-refractivity contribution in [3.05, 3.63) is 52.3 Å². The van der Waals surface area contributed by atoms with Gasteiger partial charge in [-0.25, -0.2) is 9.97 Å². The number of hydrogen-bond donors (Lipinski definition) is 4. The number of carbonyl (C=O) groups is 1. The van der Waals surface area contributed by atoms with E-state index >= 15 is 0 Å². The number of benzene rings is 1. The number of nitrogens with zero attached hydrogens (tertiary/aromatic N) is 3. The Morgan fingerprint density at radius 1 is 1.12 bits per heavy atom. The molecule has 11 nitrogen and oxygen atoms in total. The van der Waals surface area contributed by atoms with Crippen molar-refractivity contribution in [3.8, 4) is 23.0 Å². The minimum absolute atomic E-state index is 0.238. The number of methoxy groups -OCH3 is 1. The molecule has 0 radical (unpaired) electrons. The highest BCUT2D eigenvalue weighted by molar-refractivity contribution is 6.32. The molecule has 3 aromatic heterocycles. The van der Waals surface area contributed by atoms with Gasteiger partial charge in [-0.05, 0) is 51.0 Å². The zero-order valence-electron chi connectivity index (χ0n) is 23.1. The van der Waals surface area contributed by atoms with Crippen LogP contribution in [0.1, 0.15) is 30.3 Å². The van der Waals surface area contributed by atoms with Crippen LogP contribution in [0, 0.1) is 19.8 Å². The fraction of sp³-hybridized carbons (Fsp3) is 0.379. The van der Waals surface area contributed by atoms with Crippen LogP contribution in [0.25, 0.3) is 22.3 Å². The summed E-state index contributed by atoms with van der Waals surface area (Å²) in [7, 11) is 1.56. The molecule has 0 amide bonds. The van der Waals surface area contributed by atoms with Crippen LogP contribution in [0.2, 0.25) is 5.02 Å². The molecular weight excluding hydrogens is 550 g/mol. The van der Waals surface area contributed by atoms with Crippen molar-refractivity contribution in [1.82, 2.24) is 15.0 Å². The van der Waals surface area contributed by atoms with Crippen molar-refractivity contribution in [3.63, 3.8) is 0 Å². The number of furan rings is 1. The number of aldehydes is 1. The van der Waals surface area contributed by atoms with Gasteiger partial charge in [0, 0.05) is 23.9 Å². The van der Waals surface area contributed by atoms with E-state index in [0.717, 1.165) is 10.9 Å². The lowest BCUT2D eigenvalue weighted by molar-refractivity contribution is -0.114. The number of anilines is 2. The third kappa shape index (κ3) is 5.79. The van der Waals surface area contributed by atoms with E-state index < -0.39 is 24.2 Å². The van der Waals surface area contributed by atoms with E-state index in [0.29, 0.717) is 76.2 Å². The maximum atomic E-state index is 11.5. The molecule has 1 fully saturated rings. The lowest BCUT2D eigenvalue weighted by Crippen LogP contribution is -2.35. The van der Waals surface area contributed by atoms with Crippen LogP contribution in [0.15, 0.2) is 34.7 Å². The molecule has 3 heterocycles. The molecule has 0 bridgehead atoms. The standard InChI is InChI=1S/C29H32ClN5O6/c1-5-40-23-11-17-10-22(41-27(17)15(3)32-23)24-14(2)33-29(31-12-16-6-7-21(39-4)19(30)8-16)35-28(24)34-20-9-18(13-36)25(37)26(20)38/h6-8,10-11,13,18,20,25-26,37-38H,5,9,12H2,1-4H3,(H2,31,33,34,35). The lowest BCUT2D eigenvalue weighted by atomic mass is 10.1. The van der Waals surface area contributed by atoms with Gasteiger partial charge in [-0.1, -0.05) is 17.7 Å². The predicted molar refractivity (Wildman–Crippen MR) is 155 cm³/mol. The second kappa shape index (κ2) is 11.9. The summed E-state index contributed by atoms with van der Waals surface area (Å²) in [6.45, 7) is 6.43. The SMILES string of the molecule is CCOc1cc2cc(-c3c(C)nc(NCc4ccc(OC)c(Cl)c4)nc3NC3CC(C=O)C(O)C3O)oc2c(C)n1. The molecule has 0 spiro atoms. The quantitative estimate of drug-likeness (QED) is 0.198. The van der Waals surface area contributed by atoms with Gasteiger partial charge in [-0.3, -0.25) is 0 Å². The van der Waals surface area contributed by atoms with E-state index in [1.165, 1.54) is 0 Å². The van der Waals surface area contributed by atoms with Gasteiger partial charge in [-0.15, -0.1) is 0 Å². The summed E-state index contributed by atoms with van der Waals surface area (Å²) < 4.78 is 17.1. The maximum absolute atomic E-state index is 11.5. The maximum Gasteiger partial charge on any atom is 0.225 e. The summed E-state index contributed by atoms with van der Waals surface area (Å²) in [4.78, 5) is 25.3. The van der Waals surface area contributed by atoms with Gasteiger partial charge in [0.2, 0.25) is 11.8 Å². The largest absolute Gasteiger partial charge is 0.495 e. The second-order valence-corrected chi connectivity index (χ2v) is 10.4. The summed E-state index contributed by atoms with van der Waals surface area (Å²) in [5.41, 5.74) is 3.35. The van der Waals surface area contributed by atoms with Crippen LogP contribution < -0.4 is 20.1 Å². The Bertz CT molecular complexity index is 1580. The van der Waals surface area contributed by atoms with E-state index in [4.69, 9.17) is 30.5 Å². The first-order chi connectivity index (χ1) is 19.7. The van der Waals surface area contributed by atoms with Crippen LogP contribution >= 0.6 is 11.6 Å². The van der Waals surface area contributed by atoms with Gasteiger partial charge in [0.05, 0.1) is 47.8 Å². The summed E-state index contributed by atoms with van der Waals surface area (Å²) in [6.07, 6.45) is -1.44. The van der Waals surface area contributed by atoms with Gasteiger partial charge in [-0.2, -0.15) is 4.98 Å². The zero-order valence-corrected chi connectivity index (χ0v) is 23.9. The number of aryl methyl sites for hydroxylation is 2. The van der Waals surface area contributed by atoms with Crippen molar-refractivity contribution < 1.29 is 28.9 Å². The number of aliphatic hydroxyl groups is 2. The number of aliphatic hydroxyl groups excluding tert-OH is 2. The molecular formula is C29H32ClN5O6. The average Bonchev–Trinajstić information content (AvgIpc) is 3.48. The molecule has 4 aromatic rings. The minimum atomic E-state index is -1.18. The molecule has 41 heavy (non-hydrogen) atoms. The Morgan fingerprint density at radius 3 is 2.61 bits per heavy atom. The summed E-state index contributed by atoms with van der Waals surface area (Å²) in [6, 6.07) is 8.51. The fourth-order valence-electron chi connectivity index (χ4n) is 5.09. The highest BCUT2D eigenvalue weighted by atomic mass is 35.5. The summed E-state index contributed by atoms with van der Waals surface area (Å²) >= 11 is 6.28. The Kier molecular flexibility index (Phi) is 8.30. The molecule has 1 saturated carbocycles. The Balaban J connectivity index is 1.52. The predicted octanol–water partition coefficient (Wildman–Crippen LogP) is 4.30. The number of rotatable bonds is 10. The number of ether oxygens (including phenoxy) is 2. The topological polar surface area (TPSA) is 152 Å². The smallest absolute Gasteiger partial charge is 0.225 e. The molecule has 1 aromatic carbocycles. The van der Waals surface area contributed by atoms with Crippen molar-refractivity contribution in [2.75, 3.05) is 24.4 Å². The van der Waals surface area contributed by atoms with Crippen molar-refractivity contribution in [2.24, 2.45) is 5.92 Å². The summed E-state index contributed by atoms with van der Waals surface area (Å²) in [5.74, 6) is 1.58. The lowest BCUT2D eigenvalue weighted by Gasteiger charge is -2.21. The molecule has 5 rings (SSSR count). The van der Waals surface area contributed by atoms with Gasteiger partial charge >= 0.3 is 0 Å². The third-order valence-corrected chi connectivity index (χ3v) is 7.46. The number of aromatic nitrogens is 3. The molecule has 1 aliphatic rings. The molecule has 0 aliphatic heterocycles. The van der Waals surface area contributed by atoms with E-state index in [2.05, 4.69) is 20.6 Å². The van der Waals surface area contributed by atoms with Crippen molar-refractivity contribution in [1.29, 1.82) is 0 Å². The van der Waals surface area contributed by atoms with Crippen LogP contribution in [-0.4, -0.2) is 63.4 Å².